The number of nitrogens with one attached hydrogen (secondary N) is 2. The number of carbonyl (C=O) groups excluding carboxylic acids is 1. The van der Waals surface area contributed by atoms with Gasteiger partial charge in [0.2, 0.25) is 5.91 Å². The summed E-state index contributed by atoms with van der Waals surface area (Å²) in [6.45, 7) is -0.727. The minimum absolute atomic E-state index is 0. The molecular weight excluding hydrogens is 654 g/mol. The summed E-state index contributed by atoms with van der Waals surface area (Å²) in [4.78, 5) is 61.1. The van der Waals surface area contributed by atoms with Crippen molar-refractivity contribution >= 4 is 33.1 Å². The predicted octanol–water partition coefficient (Wildman–Crippen LogP) is -11.1. The minimum Gasteiger partial charge on any atom is -0.778 e. The van der Waals surface area contributed by atoms with E-state index in [2.05, 4.69) is 14.2 Å². The maximum Gasteiger partial charge on any atom is 1.00 e. The van der Waals surface area contributed by atoms with E-state index in [1.54, 1.807) is 0 Å². The molecule has 2 aliphatic heterocycles. The van der Waals surface area contributed by atoms with Gasteiger partial charge in [-0.1, -0.05) is 0 Å². The molecule has 2 aliphatic rings. The average molecular weight is 681 g/mol. The maximum absolute atomic E-state index is 12.4. The number of aliphatic hydroxyl groups is 5. The van der Waals surface area contributed by atoms with Gasteiger partial charge < -0.3 is 59.2 Å². The van der Waals surface area contributed by atoms with Crippen LogP contribution in [-0.2, 0) is 32.2 Å². The zero-order valence-electron chi connectivity index (χ0n) is 22.4. The third-order valence-electron chi connectivity index (χ3n) is 5.73. The van der Waals surface area contributed by atoms with Gasteiger partial charge in [-0.3, -0.25) is 28.0 Å². The van der Waals surface area contributed by atoms with E-state index in [0.29, 0.717) is 11.8 Å². The molecule has 0 saturated carbocycles. The van der Waals surface area contributed by atoms with Gasteiger partial charge in [0, 0.05) is 19.2 Å². The van der Waals surface area contributed by atoms with Crippen molar-refractivity contribution in [2.24, 2.45) is 0 Å². The number of hydrogen-bond acceptors (Lipinski definition) is 17. The Morgan fingerprint density at radius 2 is 1.71 bits per heavy atom. The van der Waals surface area contributed by atoms with Crippen LogP contribution in [0.1, 0.15) is 13.2 Å². The molecule has 228 valence electrons. The zero-order valence-corrected chi connectivity index (χ0v) is 29.1. The van der Waals surface area contributed by atoms with E-state index in [4.69, 9.17) is 9.47 Å². The van der Waals surface area contributed by atoms with Crippen LogP contribution in [0, 0.1) is 0 Å². The van der Waals surface area contributed by atoms with Crippen LogP contribution in [0.5, 0.6) is 0 Å². The summed E-state index contributed by atoms with van der Waals surface area (Å²) in [6.07, 6.45) is -10.4. The third-order valence-corrected chi connectivity index (χ3v) is 10.6. The zero-order chi connectivity index (χ0) is 30.0. The SMILES string of the molecule is CC(=O)N[C@@H]1[C@@H](O)[C@H](O)[C@@H](CO)O[C@H]1SCP(=O)([O-])OP(=O)([O-])OC[C@H]1O[C@@H](n2ccc(=O)[nH]c2=O)[C@H](O)[C@@H]1O.[Na+].[Na+]. The van der Waals surface area contributed by atoms with Crippen molar-refractivity contribution in [2.45, 2.75) is 61.3 Å². The molecule has 2 fully saturated rings. The largest absolute Gasteiger partial charge is 1.00 e. The Kier molecular flexibility index (Phi) is 16.3. The number of nitrogens with zero attached hydrogens (tertiary/aromatic N) is 1. The summed E-state index contributed by atoms with van der Waals surface area (Å²) >= 11 is 0.374. The van der Waals surface area contributed by atoms with Crippen LogP contribution >= 0.6 is 27.2 Å². The molecule has 2 unspecified atom stereocenters. The molecule has 2 saturated heterocycles. The summed E-state index contributed by atoms with van der Waals surface area (Å²) in [7, 11) is -10.9. The second kappa shape index (κ2) is 16.9. The molecule has 1 aromatic rings. The third kappa shape index (κ3) is 10.5. The van der Waals surface area contributed by atoms with E-state index < -0.39 is 106 Å². The van der Waals surface area contributed by atoms with Gasteiger partial charge in [-0.2, -0.15) is 0 Å². The van der Waals surface area contributed by atoms with Crippen LogP contribution in [0.2, 0.25) is 0 Å². The first-order valence-corrected chi connectivity index (χ1v) is 15.6. The molecule has 0 aromatic carbocycles. The summed E-state index contributed by atoms with van der Waals surface area (Å²) < 4.78 is 44.5. The molecular formula is C18H27N3Na2O16P2S. The van der Waals surface area contributed by atoms with E-state index in [9.17, 15) is 58.8 Å². The van der Waals surface area contributed by atoms with Gasteiger partial charge in [0.15, 0.2) is 13.8 Å². The average Bonchev–Trinajstić information content (AvgIpc) is 3.13. The van der Waals surface area contributed by atoms with Gasteiger partial charge in [-0.25, -0.2) is 4.79 Å². The van der Waals surface area contributed by atoms with Crippen molar-refractivity contribution in [3.8, 4) is 0 Å². The Balaban J connectivity index is 0.00000441. The van der Waals surface area contributed by atoms with Crippen LogP contribution in [0.3, 0.4) is 0 Å². The molecule has 24 heteroatoms. The number of ether oxygens (including phenoxy) is 2. The van der Waals surface area contributed by atoms with Crippen molar-refractivity contribution in [3.05, 3.63) is 33.1 Å². The first-order chi connectivity index (χ1) is 18.5. The normalized spacial score (nSPS) is 33.9. The van der Waals surface area contributed by atoms with Crippen LogP contribution in [0.4, 0.5) is 0 Å². The van der Waals surface area contributed by atoms with Gasteiger partial charge in [0.25, 0.3) is 13.4 Å². The molecule has 1 amide bonds. The van der Waals surface area contributed by atoms with Crippen LogP contribution in [-0.4, -0.2) is 108 Å². The molecule has 0 spiro atoms. The molecule has 0 bridgehead atoms. The van der Waals surface area contributed by atoms with Crippen molar-refractivity contribution in [2.75, 3.05) is 18.7 Å². The summed E-state index contributed by atoms with van der Waals surface area (Å²) in [5, 5.41) is 52.2. The number of aliphatic hydroxyl groups excluding tert-OH is 5. The Morgan fingerprint density at radius 3 is 2.29 bits per heavy atom. The van der Waals surface area contributed by atoms with Crippen molar-refractivity contribution in [3.63, 3.8) is 0 Å². The molecule has 3 heterocycles. The molecule has 11 atom stereocenters. The quantitative estimate of drug-likeness (QED) is 0.0842. The molecule has 0 aliphatic carbocycles. The first-order valence-electron chi connectivity index (χ1n) is 11.4. The van der Waals surface area contributed by atoms with Gasteiger partial charge in [0.05, 0.1) is 24.7 Å². The maximum atomic E-state index is 12.4. The van der Waals surface area contributed by atoms with Crippen molar-refractivity contribution in [1.82, 2.24) is 14.9 Å². The van der Waals surface area contributed by atoms with E-state index in [1.807, 2.05) is 4.98 Å². The van der Waals surface area contributed by atoms with Gasteiger partial charge in [-0.15, -0.1) is 11.8 Å². The second-order valence-corrected chi connectivity index (χ2v) is 13.6. The first kappa shape index (κ1) is 40.5. The summed E-state index contributed by atoms with van der Waals surface area (Å²) in [5.41, 5.74) is -4.21. The van der Waals surface area contributed by atoms with Crippen LogP contribution in [0.25, 0.3) is 0 Å². The fraction of sp³-hybridized carbons (Fsp3) is 0.722. The Hall–Kier alpha value is 0.520. The fourth-order valence-electron chi connectivity index (χ4n) is 3.87. The summed E-state index contributed by atoms with van der Waals surface area (Å²) in [6, 6.07) is -0.410. The van der Waals surface area contributed by atoms with Gasteiger partial charge in [-0.05, 0) is 0 Å². The predicted molar refractivity (Wildman–Crippen MR) is 127 cm³/mol. The Labute approximate surface area is 285 Å². The molecule has 3 rings (SSSR count). The topological polar surface area (TPSA) is 302 Å². The monoisotopic (exact) mass is 681 g/mol. The number of hydrogen-bond donors (Lipinski definition) is 7. The minimum atomic E-state index is -5.64. The number of H-pyrrole nitrogens is 1. The van der Waals surface area contributed by atoms with Crippen LogP contribution < -0.4 is 85.5 Å². The molecule has 19 nitrogen and oxygen atoms in total. The number of rotatable bonds is 11. The van der Waals surface area contributed by atoms with E-state index in [0.717, 1.165) is 23.8 Å². The standard InChI is InChI=1S/C18H29N3O16P2S.2Na/c1-7(23)19-11-14(27)12(25)8(4-22)36-17(11)40-6-38(30,31)37-39(32,33)34-5-9-13(26)15(28)16(35-9)21-3-2-10(24)20-18(21)29;;/h2-3,8-9,11-17,22,25-28H,4-6H2,1H3,(H,19,23)(H,30,31)(H,32,33)(H,20,24,29);;/q;2*+1/p-2/t8-,9-,11-,12-,13-,14-,15-,16-,17+;;/m1../s1. The Bertz CT molecular complexity index is 1270. The molecule has 7 N–H and O–H groups in total. The van der Waals surface area contributed by atoms with E-state index in [-0.39, 0.29) is 59.1 Å². The number of aromatic amines is 1. The smallest absolute Gasteiger partial charge is 0.778 e. The molecule has 0 radical (unpaired) electrons. The number of aromatic nitrogens is 2. The molecule has 42 heavy (non-hydrogen) atoms. The molecule has 1 aromatic heterocycles. The Morgan fingerprint density at radius 1 is 1.10 bits per heavy atom. The van der Waals surface area contributed by atoms with Gasteiger partial charge >= 0.3 is 64.8 Å². The number of carbonyl (C=O) groups is 1. The van der Waals surface area contributed by atoms with E-state index >= 15 is 0 Å². The number of amides is 1. The van der Waals surface area contributed by atoms with E-state index in [1.165, 1.54) is 0 Å². The van der Waals surface area contributed by atoms with Crippen LogP contribution in [0.15, 0.2) is 21.9 Å². The second-order valence-electron chi connectivity index (χ2n) is 8.73. The fourth-order valence-corrected chi connectivity index (χ4v) is 8.19. The van der Waals surface area contributed by atoms with Crippen molar-refractivity contribution < 1.29 is 127 Å². The van der Waals surface area contributed by atoms with Crippen molar-refractivity contribution in [1.29, 1.82) is 0 Å². The summed E-state index contributed by atoms with van der Waals surface area (Å²) in [5.74, 6) is -0.666. The number of thioether (sulfide) groups is 1. The van der Waals surface area contributed by atoms with Gasteiger partial charge in [0.1, 0.15) is 42.1 Å². The number of phosphoric acid groups is 1. The number of phosphoric ester groups is 1.